The van der Waals surface area contributed by atoms with Crippen LogP contribution in [0, 0.1) is 0 Å². The minimum absolute atomic E-state index is 0.139. The minimum atomic E-state index is -2.57. The summed E-state index contributed by atoms with van der Waals surface area (Å²) < 4.78 is 56.1. The van der Waals surface area contributed by atoms with E-state index in [-0.39, 0.29) is 51.9 Å². The Labute approximate surface area is 735 Å². The summed E-state index contributed by atoms with van der Waals surface area (Å²) >= 11 is 0. The predicted octanol–water partition coefficient (Wildman–Crippen LogP) is 24.3. The van der Waals surface area contributed by atoms with Gasteiger partial charge in [0.2, 0.25) is 0 Å². The molecule has 0 aliphatic rings. The van der Waals surface area contributed by atoms with E-state index in [1.165, 1.54) is 5.56 Å². The van der Waals surface area contributed by atoms with Crippen molar-refractivity contribution < 1.29 is 84.9 Å². The molecule has 122 heavy (non-hydrogen) atoms. The molecule has 0 radical (unpaired) electrons. The summed E-state index contributed by atoms with van der Waals surface area (Å²) in [7, 11) is -15.5. The summed E-state index contributed by atoms with van der Waals surface area (Å²) in [6, 6.07) is 75.1. The Hall–Kier alpha value is -8.86. The zero-order chi connectivity index (χ0) is 90.1. The quantitative estimate of drug-likeness (QED) is 0.0163. The largest absolute Gasteiger partial charge is 0.521 e. The number of hydrogen-bond donors (Lipinski definition) is 9. The first-order chi connectivity index (χ1) is 57.0. The van der Waals surface area contributed by atoms with E-state index in [1.54, 1.807) is 104 Å². The van der Waals surface area contributed by atoms with Crippen molar-refractivity contribution in [3.8, 4) is 74.7 Å². The first kappa shape index (κ1) is 100. The zero-order valence-corrected chi connectivity index (χ0v) is 83.8. The van der Waals surface area contributed by atoms with Gasteiger partial charge in [0.25, 0.3) is 0 Å². The van der Waals surface area contributed by atoms with Crippen molar-refractivity contribution in [2.24, 2.45) is 0 Å². The van der Waals surface area contributed by atoms with Crippen molar-refractivity contribution >= 4 is 67.5 Å². The second-order valence-electron chi connectivity index (χ2n) is 36.6. The fourth-order valence-corrected chi connectivity index (χ4v) is 45.9. The number of rotatable bonds is 38. The Morgan fingerprint density at radius 2 is 0.574 bits per heavy atom. The van der Waals surface area contributed by atoms with Crippen LogP contribution in [0.3, 0.4) is 0 Å². The highest BCUT2D eigenvalue weighted by molar-refractivity contribution is 6.85. The van der Waals surface area contributed by atoms with E-state index in [4.69, 9.17) is 38.9 Å². The molecule has 26 heteroatoms. The van der Waals surface area contributed by atoms with Gasteiger partial charge in [0, 0.05) is 28.5 Å². The second-order valence-corrected chi connectivity index (χ2v) is 68.0. The zero-order valence-electron chi connectivity index (χ0n) is 75.8. The van der Waals surface area contributed by atoms with Crippen molar-refractivity contribution in [1.29, 1.82) is 0 Å². The Morgan fingerprint density at radius 3 is 0.902 bits per heavy atom. The van der Waals surface area contributed by atoms with Gasteiger partial charge in [0.15, 0.2) is 44.8 Å². The van der Waals surface area contributed by atoms with E-state index in [1.807, 2.05) is 162 Å². The first-order valence-electron chi connectivity index (χ1n) is 42.2. The van der Waals surface area contributed by atoms with Crippen LogP contribution in [0.2, 0.25) is 129 Å². The number of ether oxygens (including phenoxy) is 1. The molecular weight excluding hydrogens is 1670 g/mol. The Morgan fingerprint density at radius 1 is 0.270 bits per heavy atom. The van der Waals surface area contributed by atoms with Crippen LogP contribution in [0.5, 0.6) is 74.7 Å². The van der Waals surface area contributed by atoms with Crippen LogP contribution in [-0.2, 0) is 59.6 Å². The van der Waals surface area contributed by atoms with Crippen LogP contribution in [-0.4, -0.2) is 121 Å². The van der Waals surface area contributed by atoms with Crippen LogP contribution < -0.4 is 22.4 Å². The maximum absolute atomic E-state index is 9.91. The van der Waals surface area contributed by atoms with Gasteiger partial charge in [-0.15, -0.1) is 0 Å². The van der Waals surface area contributed by atoms with Crippen molar-refractivity contribution in [2.75, 3.05) is 7.11 Å². The molecule has 10 rings (SSSR count). The van der Waals surface area contributed by atoms with Gasteiger partial charge in [-0.25, -0.2) is 0 Å². The lowest BCUT2D eigenvalue weighted by atomic mass is 9.78. The third-order valence-electron chi connectivity index (χ3n) is 21.0. The van der Waals surface area contributed by atoms with Crippen LogP contribution in [0.4, 0.5) is 0 Å². The average Bonchev–Trinajstić information content (AvgIpc) is 0.809. The van der Waals surface area contributed by atoms with E-state index in [0.717, 1.165) is 126 Å². The molecule has 0 aliphatic heterocycles. The van der Waals surface area contributed by atoms with Crippen molar-refractivity contribution in [3.63, 3.8) is 0 Å². The summed E-state index contributed by atoms with van der Waals surface area (Å²) in [6.07, 6.45) is 7.91. The molecule has 0 amide bonds. The van der Waals surface area contributed by atoms with Crippen molar-refractivity contribution in [1.82, 2.24) is 0 Å². The number of benzene rings is 10. The Kier molecular flexibility index (Phi) is 36.3. The van der Waals surface area contributed by atoms with Crippen molar-refractivity contribution in [2.45, 2.75) is 225 Å². The number of para-hydroxylation sites is 2. The van der Waals surface area contributed by atoms with Gasteiger partial charge >= 0.3 is 34.2 Å². The highest BCUT2D eigenvalue weighted by Gasteiger charge is 2.42. The maximum atomic E-state index is 9.91. The second kappa shape index (κ2) is 44.1. The molecule has 10 aromatic carbocycles. The maximum Gasteiger partial charge on any atom is 0.384 e. The first-order valence-corrected chi connectivity index (χ1v) is 66.0. The molecule has 0 unspecified atom stereocenters. The lowest BCUT2D eigenvalue weighted by molar-refractivity contribution is 0.275. The molecule has 660 valence electrons. The number of aromatic hydroxyl groups is 8. The van der Waals surface area contributed by atoms with Gasteiger partial charge in [0.05, 0.1) is 13.7 Å². The molecule has 0 saturated carbocycles. The monoisotopic (exact) mass is 1800 g/mol. The molecule has 0 bridgehead atoms. The highest BCUT2D eigenvalue weighted by Crippen LogP contribution is 2.39. The summed E-state index contributed by atoms with van der Waals surface area (Å²) in [5.74, 6) is 5.19. The number of aliphatic hydroxyl groups is 1. The van der Waals surface area contributed by atoms with E-state index in [9.17, 15) is 46.0 Å². The van der Waals surface area contributed by atoms with E-state index in [2.05, 4.69) is 104 Å². The van der Waals surface area contributed by atoms with Gasteiger partial charge in [-0.3, -0.25) is 0 Å². The number of aliphatic hydroxyl groups excluding tert-OH is 1. The molecule has 0 aliphatic carbocycles. The average molecular weight is 1800 g/mol. The standard InChI is InChI=1S/C34H42O5Si2.C24H38O5Si2.C22H34O3Si2.C16H22O5Si2/c1-33(2,25-9-17-29(35)18-10-25)27-13-21-31(22-14-27)37-40(5,6)39-41(7,8)38-32-23-15-28(16-24-32)34(3,4)26-11-19-30(36)20-12-26;1-28-24-17-20(11-13-23(24)27)9-7-15-31(4,5)29-30(2,3)14-6-8-19-10-12-22(26)21(16-19)18-25;1-26(2,17-9-13-19-11-5-7-15-21(19)23)25-27(3,4)18-10-14-20-12-6-8-16-22(20)24;1-22(2,19-15-9-5-7-13(17)11-15)21-23(3,4)20-16-10-6-8-14(18)12-16/h9-24,35-36H,1-8H3;10-13,16-17,25-27H,6-9,14-15,18H2,1-5H3;5-8,11-12,15-16,23-24H,9-10,13-14,17-18H2,1-4H3;5-12,17-18H,1-4H3. The molecule has 0 heterocycles. The summed E-state index contributed by atoms with van der Waals surface area (Å²) in [4.78, 5) is 0. The van der Waals surface area contributed by atoms with Crippen LogP contribution in [0.25, 0.3) is 0 Å². The number of phenols is 8. The van der Waals surface area contributed by atoms with Gasteiger partial charge < -0.3 is 84.9 Å². The van der Waals surface area contributed by atoms with Crippen LogP contribution >= 0.6 is 0 Å². The Balaban J connectivity index is 0.000000229. The molecule has 10 aromatic rings. The van der Waals surface area contributed by atoms with Gasteiger partial charge in [-0.1, -0.05) is 137 Å². The summed E-state index contributed by atoms with van der Waals surface area (Å²) in [6.45, 7) is 42.9. The van der Waals surface area contributed by atoms with Crippen LogP contribution in [0.1, 0.15) is 103 Å². The number of methoxy groups -OCH3 is 1. The lowest BCUT2D eigenvalue weighted by Gasteiger charge is -2.34. The fourth-order valence-electron chi connectivity index (χ4n) is 15.3. The molecule has 0 fully saturated rings. The number of hydrogen-bond acceptors (Lipinski definition) is 18. The van der Waals surface area contributed by atoms with Crippen molar-refractivity contribution in [3.05, 3.63) is 281 Å². The topological polar surface area (TPSA) is 265 Å². The SMILES string of the molecule is CC(C)(c1ccc(O)cc1)c1ccc(O[Si](C)(C)O[Si](C)(C)Oc2ccc(C(C)(C)c3ccc(O)cc3)cc2)cc1.COc1cc(CCC[Si](C)(C)O[Si](C)(C)CCCc2ccc(O)c(CO)c2)ccc1O.C[Si](C)(CCCc1ccccc1O)O[Si](C)(C)CCCc1ccccc1O.C[Si](C)(Oc1cccc(O)c1)O[Si](C)(C)Oc1cccc(O)c1. The molecule has 0 saturated heterocycles. The number of phenolic OH excluding ortho intramolecular Hbond substituents is 7. The molecule has 9 N–H and O–H groups in total. The van der Waals surface area contributed by atoms with E-state index in [0.29, 0.717) is 34.3 Å². The normalized spacial score (nSPS) is 12.3. The Bertz CT molecular complexity index is 4580. The van der Waals surface area contributed by atoms with E-state index >= 15 is 0 Å². The fraction of sp³-hybridized carbons (Fsp3) is 0.375. The van der Waals surface area contributed by atoms with Gasteiger partial charge in [0.1, 0.15) is 63.2 Å². The lowest BCUT2D eigenvalue weighted by Crippen LogP contribution is -2.52. The molecule has 18 nitrogen and oxygen atoms in total. The smallest absolute Gasteiger partial charge is 0.384 e. The molecule has 0 atom stereocenters. The molecule has 0 spiro atoms. The van der Waals surface area contributed by atoms with Gasteiger partial charge in [-0.2, -0.15) is 0 Å². The van der Waals surface area contributed by atoms with Gasteiger partial charge in [-0.05, 0) is 334 Å². The summed E-state index contributed by atoms with van der Waals surface area (Å²) in [5, 5.41) is 86.9. The molecular formula is C96H136O18Si8. The third-order valence-corrected chi connectivity index (χ3v) is 46.8. The van der Waals surface area contributed by atoms with Crippen LogP contribution in [0.15, 0.2) is 231 Å². The summed E-state index contributed by atoms with van der Waals surface area (Å²) in [5.41, 5.74) is 9.11. The third kappa shape index (κ3) is 34.0. The van der Waals surface area contributed by atoms with E-state index < -0.39 is 67.5 Å². The minimum Gasteiger partial charge on any atom is -0.521 e. The molecule has 0 aromatic heterocycles. The number of aryl methyl sites for hydroxylation is 4. The predicted molar refractivity (Wildman–Crippen MR) is 514 cm³/mol. The highest BCUT2D eigenvalue weighted by atomic mass is 28.5.